The lowest BCUT2D eigenvalue weighted by Gasteiger charge is -2.40. The molecule has 7 atom stereocenters. The Hall–Kier alpha value is -2.88. The Labute approximate surface area is 267 Å². The highest BCUT2D eigenvalue weighted by molar-refractivity contribution is 9.09. The van der Waals surface area contributed by atoms with Crippen molar-refractivity contribution in [3.63, 3.8) is 0 Å². The first-order chi connectivity index (χ1) is 20.8. The number of halogens is 1. The van der Waals surface area contributed by atoms with E-state index in [4.69, 9.17) is 0 Å². The molecule has 2 bridgehead atoms. The zero-order valence-electron chi connectivity index (χ0n) is 24.6. The lowest BCUT2D eigenvalue weighted by atomic mass is 9.70. The first-order valence-electron chi connectivity index (χ1n) is 15.0. The van der Waals surface area contributed by atoms with Crippen LogP contribution in [0.1, 0.15) is 36.9 Å². The molecule has 0 radical (unpaired) electrons. The summed E-state index contributed by atoms with van der Waals surface area (Å²) < 4.78 is -0.822. The number of aliphatic hydroxyl groups excluding tert-OH is 1. The number of carbonyl (C=O) groups excluding carboxylic acids is 3. The fourth-order valence-electron chi connectivity index (χ4n) is 7.29. The molecule has 3 aliphatic heterocycles. The summed E-state index contributed by atoms with van der Waals surface area (Å²) in [4.78, 5) is 49.0. The Balaban J connectivity index is 1.62. The van der Waals surface area contributed by atoms with Crippen molar-refractivity contribution in [1.29, 1.82) is 0 Å². The maximum Gasteiger partial charge on any atom is 0.247 e. The van der Waals surface area contributed by atoms with Crippen LogP contribution in [0.2, 0.25) is 0 Å². The number of fused-ring (bicyclic) bond motifs is 1. The van der Waals surface area contributed by atoms with Gasteiger partial charge in [0, 0.05) is 36.3 Å². The molecule has 3 saturated heterocycles. The van der Waals surface area contributed by atoms with Crippen LogP contribution in [0.3, 0.4) is 0 Å². The number of rotatable bonds is 13. The number of benzene rings is 2. The van der Waals surface area contributed by atoms with Crippen molar-refractivity contribution in [2.24, 2.45) is 11.8 Å². The second-order valence-electron chi connectivity index (χ2n) is 11.6. The second-order valence-corrected chi connectivity index (χ2v) is 14.3. The highest BCUT2D eigenvalue weighted by Crippen LogP contribution is 2.68. The summed E-state index contributed by atoms with van der Waals surface area (Å²) in [6, 6.07) is 17.5. The van der Waals surface area contributed by atoms with Crippen molar-refractivity contribution < 1.29 is 19.5 Å². The van der Waals surface area contributed by atoms with Crippen LogP contribution < -0.4 is 0 Å². The van der Waals surface area contributed by atoms with Crippen LogP contribution in [-0.4, -0.2) is 84.6 Å². The van der Waals surface area contributed by atoms with Gasteiger partial charge in [0.05, 0.1) is 29.2 Å². The molecule has 9 heteroatoms. The minimum Gasteiger partial charge on any atom is -0.394 e. The molecular formula is C34H40BrN3O4S. The van der Waals surface area contributed by atoms with Gasteiger partial charge >= 0.3 is 0 Å². The number of aliphatic hydroxyl groups is 1. The highest BCUT2D eigenvalue weighted by Gasteiger charge is 2.76. The minimum atomic E-state index is -0.863. The normalized spacial score (nSPS) is 27.9. The average Bonchev–Trinajstić information content (AvgIpc) is 3.61. The molecule has 43 heavy (non-hydrogen) atoms. The summed E-state index contributed by atoms with van der Waals surface area (Å²) in [5, 5.41) is 10.6. The number of hydrogen-bond acceptors (Lipinski definition) is 5. The molecule has 2 aromatic carbocycles. The summed E-state index contributed by atoms with van der Waals surface area (Å²) in [6.45, 7) is 11.1. The quantitative estimate of drug-likeness (QED) is 0.245. The van der Waals surface area contributed by atoms with E-state index in [2.05, 4.69) is 29.1 Å². The molecule has 0 aromatic heterocycles. The van der Waals surface area contributed by atoms with Crippen LogP contribution in [0, 0.1) is 11.8 Å². The highest BCUT2D eigenvalue weighted by atomic mass is 79.9. The predicted molar refractivity (Wildman–Crippen MR) is 174 cm³/mol. The minimum absolute atomic E-state index is 0.0377. The summed E-state index contributed by atoms with van der Waals surface area (Å²) >= 11 is 5.49. The first-order valence-corrected chi connectivity index (χ1v) is 16.8. The number of amides is 3. The lowest BCUT2D eigenvalue weighted by molar-refractivity contribution is -0.147. The Bertz CT molecular complexity index is 1340. The summed E-state index contributed by atoms with van der Waals surface area (Å²) in [5.74, 6) is -1.75. The molecule has 3 unspecified atom stereocenters. The molecule has 228 valence electrons. The molecule has 3 aliphatic rings. The van der Waals surface area contributed by atoms with Crippen LogP contribution in [0.4, 0.5) is 0 Å². The summed E-state index contributed by atoms with van der Waals surface area (Å²) in [6.07, 6.45) is 4.78. The third-order valence-electron chi connectivity index (χ3n) is 8.97. The smallest absolute Gasteiger partial charge is 0.247 e. The summed E-state index contributed by atoms with van der Waals surface area (Å²) in [5.41, 5.74) is 1.72. The molecule has 3 heterocycles. The van der Waals surface area contributed by atoms with Gasteiger partial charge in [-0.05, 0) is 24.0 Å². The van der Waals surface area contributed by atoms with Gasteiger partial charge in [-0.3, -0.25) is 14.4 Å². The van der Waals surface area contributed by atoms with Gasteiger partial charge in [-0.1, -0.05) is 95.7 Å². The van der Waals surface area contributed by atoms with Gasteiger partial charge in [-0.2, -0.15) is 0 Å². The molecule has 3 fully saturated rings. The zero-order chi connectivity index (χ0) is 30.7. The third kappa shape index (κ3) is 5.60. The molecule has 7 nitrogen and oxygen atoms in total. The molecule has 3 amide bonds. The topological polar surface area (TPSA) is 81.2 Å². The average molecular weight is 667 g/mol. The molecule has 5 rings (SSSR count). The van der Waals surface area contributed by atoms with Crippen molar-refractivity contribution in [3.05, 3.63) is 97.1 Å². The van der Waals surface area contributed by atoms with Gasteiger partial charge in [-0.15, -0.1) is 24.9 Å². The summed E-state index contributed by atoms with van der Waals surface area (Å²) in [7, 11) is 0. The van der Waals surface area contributed by atoms with Gasteiger partial charge in [0.25, 0.3) is 0 Å². The molecule has 0 saturated carbocycles. The Morgan fingerprint density at radius 3 is 2.30 bits per heavy atom. The van der Waals surface area contributed by atoms with E-state index in [1.54, 1.807) is 38.6 Å². The number of thioether (sulfide) groups is 1. The van der Waals surface area contributed by atoms with E-state index < -0.39 is 28.7 Å². The van der Waals surface area contributed by atoms with Crippen molar-refractivity contribution in [1.82, 2.24) is 14.7 Å². The molecule has 1 N–H and O–H groups in total. The Morgan fingerprint density at radius 2 is 1.70 bits per heavy atom. The Morgan fingerprint density at radius 1 is 1.07 bits per heavy atom. The third-order valence-corrected chi connectivity index (χ3v) is 12.2. The molecule has 1 spiro atoms. The van der Waals surface area contributed by atoms with Crippen LogP contribution in [0.15, 0.2) is 86.0 Å². The second kappa shape index (κ2) is 13.4. The van der Waals surface area contributed by atoms with Crippen molar-refractivity contribution >= 4 is 45.4 Å². The molecule has 0 aliphatic carbocycles. The molecule has 2 aromatic rings. The van der Waals surface area contributed by atoms with Crippen LogP contribution in [0.25, 0.3) is 0 Å². The van der Waals surface area contributed by atoms with E-state index in [1.807, 2.05) is 67.6 Å². The SMILES string of the molecule is C=CCN(Cc1ccccc1)C(=O)C1N([C@H](CO)c2ccccc2)C(=O)[C@@H]2[C@H](C(=O)N(CC=C)CCC)[C@H]3SC12CC3Br. The monoisotopic (exact) mass is 665 g/mol. The Kier molecular flexibility index (Phi) is 9.83. The number of carbonyl (C=O) groups is 3. The molecular weight excluding hydrogens is 626 g/mol. The maximum absolute atomic E-state index is 14.9. The van der Waals surface area contributed by atoms with E-state index in [0.29, 0.717) is 32.6 Å². The maximum atomic E-state index is 14.9. The van der Waals surface area contributed by atoms with E-state index in [9.17, 15) is 19.5 Å². The van der Waals surface area contributed by atoms with Crippen molar-refractivity contribution in [3.8, 4) is 0 Å². The van der Waals surface area contributed by atoms with Gasteiger partial charge in [0.2, 0.25) is 17.7 Å². The van der Waals surface area contributed by atoms with E-state index in [0.717, 1.165) is 17.5 Å². The van der Waals surface area contributed by atoms with Gasteiger partial charge in [-0.25, -0.2) is 0 Å². The fraction of sp³-hybridized carbons (Fsp3) is 0.441. The number of hydrogen-bond donors (Lipinski definition) is 1. The van der Waals surface area contributed by atoms with Gasteiger partial charge in [0.15, 0.2) is 0 Å². The van der Waals surface area contributed by atoms with Crippen molar-refractivity contribution in [2.45, 2.75) is 53.2 Å². The van der Waals surface area contributed by atoms with Gasteiger partial charge in [0.1, 0.15) is 6.04 Å². The number of nitrogens with zero attached hydrogens (tertiary/aromatic N) is 3. The standard InChI is InChI=1S/C34H40BrN3O4S/c1-4-17-36(18-5-2)31(40)27-28-32(41)38(26(22-39)24-15-11-8-12-16-24)30(34(28)20-25(35)29(27)43-34)33(42)37(19-6-3)21-23-13-9-7-10-14-23/h4,6-16,25-30,39H,1,3,5,17-22H2,2H3/t25?,26-,27+,28+,29+,30?,34?/m1/s1. The largest absolute Gasteiger partial charge is 0.394 e. The number of alkyl halides is 1. The van der Waals surface area contributed by atoms with E-state index in [-0.39, 0.29) is 34.4 Å². The van der Waals surface area contributed by atoms with Crippen LogP contribution in [-0.2, 0) is 20.9 Å². The first kappa shape index (κ1) is 31.5. The zero-order valence-corrected chi connectivity index (χ0v) is 27.0. The number of likely N-dealkylation sites (tertiary alicyclic amines) is 1. The van der Waals surface area contributed by atoms with Crippen molar-refractivity contribution in [2.75, 3.05) is 26.2 Å². The van der Waals surface area contributed by atoms with Gasteiger partial charge < -0.3 is 19.8 Å². The predicted octanol–water partition coefficient (Wildman–Crippen LogP) is 4.82. The fourth-order valence-corrected chi connectivity index (χ4v) is 10.9. The lowest BCUT2D eigenvalue weighted by Crippen LogP contribution is -2.56. The van der Waals surface area contributed by atoms with E-state index in [1.165, 1.54) is 0 Å². The van der Waals surface area contributed by atoms with Crippen LogP contribution in [0.5, 0.6) is 0 Å². The van der Waals surface area contributed by atoms with Crippen LogP contribution >= 0.6 is 27.7 Å². The van der Waals surface area contributed by atoms with E-state index >= 15 is 0 Å².